The predicted molar refractivity (Wildman–Crippen MR) is 157 cm³/mol. The first-order valence-corrected chi connectivity index (χ1v) is 13.1. The highest BCUT2D eigenvalue weighted by Crippen LogP contribution is 2.35. The molecule has 0 bridgehead atoms. The second-order valence-corrected chi connectivity index (χ2v) is 9.90. The Morgan fingerprint density at radius 1 is 0.725 bits per heavy atom. The Kier molecular flexibility index (Phi) is 5.67. The van der Waals surface area contributed by atoms with Crippen LogP contribution >= 0.6 is 0 Å². The third kappa shape index (κ3) is 4.10. The number of ether oxygens (including phenoxy) is 1. The van der Waals surface area contributed by atoms with Crippen molar-refractivity contribution in [1.82, 2.24) is 19.3 Å². The van der Waals surface area contributed by atoms with Gasteiger partial charge in [0.25, 0.3) is 0 Å². The van der Waals surface area contributed by atoms with Gasteiger partial charge >= 0.3 is 0 Å². The van der Waals surface area contributed by atoms with Crippen LogP contribution in [0.1, 0.15) is 11.1 Å². The molecule has 0 atom stereocenters. The van der Waals surface area contributed by atoms with Gasteiger partial charge in [-0.15, -0.1) is 0 Å². The second-order valence-electron chi connectivity index (χ2n) is 9.90. The van der Waals surface area contributed by atoms with Crippen molar-refractivity contribution in [1.29, 1.82) is 0 Å². The van der Waals surface area contributed by atoms with Crippen LogP contribution in [0, 0.1) is 19.7 Å². The van der Waals surface area contributed by atoms with Gasteiger partial charge in [-0.3, -0.25) is 4.57 Å². The molecule has 0 saturated heterocycles. The van der Waals surface area contributed by atoms with E-state index in [4.69, 9.17) is 4.74 Å². The van der Waals surface area contributed by atoms with E-state index in [-0.39, 0.29) is 5.82 Å². The highest BCUT2D eigenvalue weighted by atomic mass is 19.1. The molecule has 4 aromatic carbocycles. The van der Waals surface area contributed by atoms with E-state index in [1.54, 1.807) is 0 Å². The third-order valence-electron chi connectivity index (χ3n) is 7.25. The summed E-state index contributed by atoms with van der Waals surface area (Å²) in [6, 6.07) is 31.0. The van der Waals surface area contributed by atoms with Crippen LogP contribution in [0.5, 0.6) is 11.5 Å². The van der Waals surface area contributed by atoms with Crippen LogP contribution < -0.4 is 4.74 Å². The van der Waals surface area contributed by atoms with Gasteiger partial charge in [0.15, 0.2) is 0 Å². The molecule has 0 radical (unpaired) electrons. The van der Waals surface area contributed by atoms with Crippen LogP contribution in [0.3, 0.4) is 0 Å². The normalized spacial score (nSPS) is 11.4. The van der Waals surface area contributed by atoms with Gasteiger partial charge in [-0.05, 0) is 66.9 Å². The minimum Gasteiger partial charge on any atom is -0.457 e. The molecule has 0 amide bonds. The van der Waals surface area contributed by atoms with Crippen LogP contribution in [0.25, 0.3) is 44.4 Å². The van der Waals surface area contributed by atoms with Gasteiger partial charge in [0.05, 0.1) is 22.9 Å². The maximum atomic E-state index is 14.2. The number of aryl methyl sites for hydroxylation is 2. The lowest BCUT2D eigenvalue weighted by Crippen LogP contribution is -1.98. The Morgan fingerprint density at radius 2 is 1.50 bits per heavy atom. The van der Waals surface area contributed by atoms with Crippen molar-refractivity contribution >= 4 is 21.8 Å². The summed E-state index contributed by atoms with van der Waals surface area (Å²) < 4.78 is 24.3. The molecule has 3 heterocycles. The van der Waals surface area contributed by atoms with E-state index in [1.807, 2.05) is 82.3 Å². The number of hydrogen-bond donors (Lipinski definition) is 0. The van der Waals surface area contributed by atoms with Gasteiger partial charge in [-0.2, -0.15) is 5.10 Å². The molecule has 7 rings (SSSR count). The molecule has 0 aliphatic carbocycles. The number of nitrogens with zero attached hydrogens (tertiary/aromatic N) is 4. The van der Waals surface area contributed by atoms with E-state index in [9.17, 15) is 4.39 Å². The Labute approximate surface area is 230 Å². The number of halogens is 1. The third-order valence-corrected chi connectivity index (χ3v) is 7.25. The summed E-state index contributed by atoms with van der Waals surface area (Å²) in [6.45, 7) is 4.24. The number of pyridine rings is 1. The highest BCUT2D eigenvalue weighted by molar-refractivity contribution is 6.09. The molecule has 7 aromatic rings. The van der Waals surface area contributed by atoms with Gasteiger partial charge in [-0.1, -0.05) is 42.5 Å². The Morgan fingerprint density at radius 3 is 2.35 bits per heavy atom. The number of rotatable bonds is 5. The summed E-state index contributed by atoms with van der Waals surface area (Å²) in [7, 11) is 0. The van der Waals surface area contributed by atoms with Gasteiger partial charge in [-0.25, -0.2) is 14.1 Å². The number of hydrogen-bond acceptors (Lipinski definition) is 3. The van der Waals surface area contributed by atoms with Gasteiger partial charge < -0.3 is 4.74 Å². The molecule has 6 heteroatoms. The zero-order chi connectivity index (χ0) is 27.2. The summed E-state index contributed by atoms with van der Waals surface area (Å²) in [5, 5.41) is 6.74. The Bertz CT molecular complexity index is 2020. The Balaban J connectivity index is 1.26. The fourth-order valence-corrected chi connectivity index (χ4v) is 5.47. The first kappa shape index (κ1) is 23.9. The van der Waals surface area contributed by atoms with Gasteiger partial charge in [0.2, 0.25) is 0 Å². The summed E-state index contributed by atoms with van der Waals surface area (Å²) in [5.74, 6) is 1.54. The van der Waals surface area contributed by atoms with E-state index in [1.165, 1.54) is 35.0 Å². The van der Waals surface area contributed by atoms with Crippen molar-refractivity contribution in [2.75, 3.05) is 0 Å². The molecule has 5 nitrogen and oxygen atoms in total. The smallest absolute Gasteiger partial charge is 0.140 e. The zero-order valence-corrected chi connectivity index (χ0v) is 22.0. The van der Waals surface area contributed by atoms with E-state index in [0.717, 1.165) is 33.1 Å². The predicted octanol–water partition coefficient (Wildman–Crippen LogP) is 8.58. The van der Waals surface area contributed by atoms with Crippen LogP contribution in [-0.4, -0.2) is 19.3 Å². The molecule has 0 fully saturated rings. The van der Waals surface area contributed by atoms with E-state index < -0.39 is 0 Å². The average Bonchev–Trinajstić information content (AvgIpc) is 3.56. The van der Waals surface area contributed by atoms with Gasteiger partial charge in [0.1, 0.15) is 23.1 Å². The lowest BCUT2D eigenvalue weighted by molar-refractivity contribution is 0.483. The highest BCUT2D eigenvalue weighted by Gasteiger charge is 2.15. The molecular weight excluding hydrogens is 499 g/mol. The molecule has 3 aromatic heterocycles. The summed E-state index contributed by atoms with van der Waals surface area (Å²) in [4.78, 5) is 4.45. The van der Waals surface area contributed by atoms with Crippen molar-refractivity contribution < 1.29 is 9.13 Å². The fraction of sp³-hybridized carbons (Fsp3) is 0.0588. The van der Waals surface area contributed by atoms with Crippen molar-refractivity contribution in [2.45, 2.75) is 13.8 Å². The molecular formula is C34H25FN4O. The maximum Gasteiger partial charge on any atom is 0.140 e. The van der Waals surface area contributed by atoms with Crippen LogP contribution in [-0.2, 0) is 0 Å². The number of benzene rings is 4. The molecule has 0 aliphatic rings. The molecule has 0 saturated carbocycles. The van der Waals surface area contributed by atoms with Crippen LogP contribution in [0.15, 0.2) is 116 Å². The largest absolute Gasteiger partial charge is 0.457 e. The standard InChI is InChI=1S/C34H25FN4O/c1-22-7-5-8-23(2)34(22)24-20-37-38(21-24)26-9-6-10-27(18-26)40-28-13-14-30-29-11-3-4-12-31(29)39(32(30)19-28)33-17-25(35)15-16-36-33/h3-21H,1-2H3. The first-order chi connectivity index (χ1) is 19.5. The van der Waals surface area contributed by atoms with Crippen molar-refractivity contribution in [2.24, 2.45) is 0 Å². The van der Waals surface area contributed by atoms with Crippen LogP contribution in [0.4, 0.5) is 4.39 Å². The lowest BCUT2D eigenvalue weighted by Gasteiger charge is -2.10. The number of aromatic nitrogens is 4. The number of fused-ring (bicyclic) bond motifs is 3. The van der Waals surface area contributed by atoms with Crippen molar-refractivity contribution in [3.05, 3.63) is 133 Å². The summed E-state index contributed by atoms with van der Waals surface area (Å²) in [5.41, 5.74) is 7.46. The lowest BCUT2D eigenvalue weighted by atomic mass is 9.98. The molecule has 0 N–H and O–H groups in total. The summed E-state index contributed by atoms with van der Waals surface area (Å²) in [6.07, 6.45) is 5.43. The minimum absolute atomic E-state index is 0.334. The van der Waals surface area contributed by atoms with Crippen molar-refractivity contribution in [3.63, 3.8) is 0 Å². The molecule has 0 aliphatic heterocycles. The molecule has 40 heavy (non-hydrogen) atoms. The zero-order valence-electron chi connectivity index (χ0n) is 22.0. The SMILES string of the molecule is Cc1cccc(C)c1-c1cnn(-c2cccc(Oc3ccc4c5ccccc5n(-c5cc(F)ccn5)c4c3)c2)c1. The fourth-order valence-electron chi connectivity index (χ4n) is 5.47. The Hall–Kier alpha value is -5.23. The second kappa shape index (κ2) is 9.50. The quantitative estimate of drug-likeness (QED) is 0.227. The minimum atomic E-state index is -0.334. The monoisotopic (exact) mass is 524 g/mol. The summed E-state index contributed by atoms with van der Waals surface area (Å²) >= 11 is 0. The average molecular weight is 525 g/mol. The van der Waals surface area contributed by atoms with Crippen molar-refractivity contribution in [3.8, 4) is 34.1 Å². The topological polar surface area (TPSA) is 44.9 Å². The first-order valence-electron chi connectivity index (χ1n) is 13.1. The van der Waals surface area contributed by atoms with E-state index in [0.29, 0.717) is 17.3 Å². The molecule has 194 valence electrons. The molecule has 0 spiro atoms. The van der Waals surface area contributed by atoms with Crippen LogP contribution in [0.2, 0.25) is 0 Å². The maximum absolute atomic E-state index is 14.2. The number of para-hydroxylation sites is 1. The molecule has 0 unspecified atom stereocenters. The van der Waals surface area contributed by atoms with Gasteiger partial charge in [0, 0.05) is 46.9 Å². The van der Waals surface area contributed by atoms with E-state index in [2.05, 4.69) is 48.2 Å². The van der Waals surface area contributed by atoms with E-state index >= 15 is 0 Å².